The monoisotopic (exact) mass is 387 g/mol. The van der Waals surface area contributed by atoms with Crippen LogP contribution in [-0.2, 0) is 0 Å². The van der Waals surface area contributed by atoms with E-state index in [-0.39, 0.29) is 5.88 Å². The van der Waals surface area contributed by atoms with Gasteiger partial charge in [-0.3, -0.25) is 5.84 Å². The number of benzene rings is 1. The number of nitrogens with zero attached hydrogens (tertiary/aromatic N) is 1. The summed E-state index contributed by atoms with van der Waals surface area (Å²) in [5.41, 5.74) is 3.92. The largest absolute Gasteiger partial charge is 0.476 e. The molecule has 20 heavy (non-hydrogen) atoms. The Bertz CT molecular complexity index is 577. The lowest BCUT2D eigenvalue weighted by molar-refractivity contribution is 0.305. The molecule has 6 heteroatoms. The van der Waals surface area contributed by atoms with Crippen molar-refractivity contribution >= 4 is 22.6 Å². The molecule has 106 valence electrons. The average Bonchev–Trinajstić information content (AvgIpc) is 2.46. The van der Waals surface area contributed by atoms with Gasteiger partial charge in [0.05, 0.1) is 12.6 Å². The second kappa shape index (κ2) is 6.96. The van der Waals surface area contributed by atoms with Crippen LogP contribution in [0, 0.1) is 9.39 Å². The van der Waals surface area contributed by atoms with Crippen LogP contribution in [0.15, 0.2) is 36.5 Å². The highest BCUT2D eigenvalue weighted by atomic mass is 127. The van der Waals surface area contributed by atoms with Crippen LogP contribution in [0.2, 0.25) is 0 Å². The summed E-state index contributed by atoms with van der Waals surface area (Å²) in [6.45, 7) is 2.14. The number of hydrogen-bond donors (Lipinski definition) is 2. The predicted octanol–water partition coefficient (Wildman–Crippen LogP) is 2.78. The molecule has 4 nitrogen and oxygen atoms in total. The predicted molar refractivity (Wildman–Crippen MR) is 83.7 cm³/mol. The Hall–Kier alpha value is -1.25. The molecule has 0 bridgehead atoms. The number of hydrogen-bond acceptors (Lipinski definition) is 4. The lowest BCUT2D eigenvalue weighted by Crippen LogP contribution is -2.29. The molecule has 2 rings (SSSR count). The fourth-order valence-corrected chi connectivity index (χ4v) is 2.28. The van der Waals surface area contributed by atoms with E-state index in [0.29, 0.717) is 12.2 Å². The van der Waals surface area contributed by atoms with Crippen LogP contribution >= 0.6 is 22.6 Å². The summed E-state index contributed by atoms with van der Waals surface area (Å²) in [4.78, 5) is 3.89. The number of rotatable bonds is 5. The molecule has 0 aliphatic heterocycles. The third-order valence-corrected chi connectivity index (χ3v) is 3.57. The van der Waals surface area contributed by atoms with Gasteiger partial charge in [-0.05, 0) is 53.3 Å². The zero-order valence-corrected chi connectivity index (χ0v) is 13.1. The molecule has 3 N–H and O–H groups in total. The van der Waals surface area contributed by atoms with Crippen LogP contribution in [-0.4, -0.2) is 11.6 Å². The third-order valence-electron chi connectivity index (χ3n) is 2.85. The Labute approximate surface area is 130 Å². The topological polar surface area (TPSA) is 60.2 Å². The Balaban J connectivity index is 2.41. The van der Waals surface area contributed by atoms with E-state index >= 15 is 0 Å². The van der Waals surface area contributed by atoms with E-state index in [2.05, 4.69) is 33.0 Å². The molecule has 1 aromatic carbocycles. The van der Waals surface area contributed by atoms with E-state index in [1.165, 1.54) is 6.20 Å². The zero-order chi connectivity index (χ0) is 14.5. The molecule has 0 aliphatic carbocycles. The van der Waals surface area contributed by atoms with Gasteiger partial charge in [0.1, 0.15) is 0 Å². The first-order valence-electron chi connectivity index (χ1n) is 6.16. The summed E-state index contributed by atoms with van der Waals surface area (Å²) < 4.78 is 20.7. The Morgan fingerprint density at radius 2 is 2.05 bits per heavy atom. The average molecular weight is 387 g/mol. The Morgan fingerprint density at radius 3 is 2.65 bits per heavy atom. The second-order valence-corrected chi connectivity index (χ2v) is 5.35. The van der Waals surface area contributed by atoms with Gasteiger partial charge in [0.15, 0.2) is 5.82 Å². The zero-order valence-electron chi connectivity index (χ0n) is 10.9. The first-order chi connectivity index (χ1) is 9.67. The fourth-order valence-electron chi connectivity index (χ4n) is 1.92. The molecule has 1 aromatic heterocycles. The molecule has 0 amide bonds. The summed E-state index contributed by atoms with van der Waals surface area (Å²) >= 11 is 2.21. The summed E-state index contributed by atoms with van der Waals surface area (Å²) in [6.07, 6.45) is 1.51. The summed E-state index contributed by atoms with van der Waals surface area (Å²) in [7, 11) is 0. The van der Waals surface area contributed by atoms with E-state index in [0.717, 1.165) is 9.13 Å². The first kappa shape index (κ1) is 15.1. The lowest BCUT2D eigenvalue weighted by Gasteiger charge is -2.18. The molecule has 0 radical (unpaired) electrons. The van der Waals surface area contributed by atoms with Crippen molar-refractivity contribution in [2.75, 3.05) is 6.61 Å². The number of hydrazine groups is 1. The number of nitrogens with one attached hydrogen (secondary N) is 1. The van der Waals surface area contributed by atoms with Gasteiger partial charge in [0.2, 0.25) is 0 Å². The molecule has 0 aliphatic rings. The minimum absolute atomic E-state index is 0.00392. The molecule has 1 atom stereocenters. The lowest BCUT2D eigenvalue weighted by atomic mass is 10.00. The molecule has 1 heterocycles. The highest BCUT2D eigenvalue weighted by Crippen LogP contribution is 2.27. The third kappa shape index (κ3) is 3.25. The summed E-state index contributed by atoms with van der Waals surface area (Å²) in [5.74, 6) is 5.09. The van der Waals surface area contributed by atoms with E-state index in [4.69, 9.17) is 10.6 Å². The van der Waals surface area contributed by atoms with Crippen LogP contribution in [0.3, 0.4) is 0 Å². The van der Waals surface area contributed by atoms with E-state index in [9.17, 15) is 4.39 Å². The van der Waals surface area contributed by atoms with Gasteiger partial charge < -0.3 is 4.74 Å². The Kier molecular flexibility index (Phi) is 5.27. The van der Waals surface area contributed by atoms with Gasteiger partial charge in [0, 0.05) is 15.3 Å². The minimum atomic E-state index is -0.490. The van der Waals surface area contributed by atoms with Crippen molar-refractivity contribution in [2.45, 2.75) is 13.0 Å². The highest BCUT2D eigenvalue weighted by molar-refractivity contribution is 14.1. The van der Waals surface area contributed by atoms with Crippen molar-refractivity contribution < 1.29 is 9.13 Å². The maximum absolute atomic E-state index is 14.4. The number of ether oxygens (including phenoxy) is 1. The van der Waals surface area contributed by atoms with Gasteiger partial charge in [0.25, 0.3) is 5.88 Å². The first-order valence-corrected chi connectivity index (χ1v) is 7.24. The SMILES string of the molecule is CCOc1nccc(C(NN)c2ccc(I)cc2)c1F. The fraction of sp³-hybridized carbons (Fsp3) is 0.214. The van der Waals surface area contributed by atoms with Crippen LogP contribution in [0.25, 0.3) is 0 Å². The van der Waals surface area contributed by atoms with Gasteiger partial charge in [-0.25, -0.2) is 14.8 Å². The minimum Gasteiger partial charge on any atom is -0.476 e. The second-order valence-electron chi connectivity index (χ2n) is 4.10. The number of nitrogens with two attached hydrogens (primary N) is 1. The van der Waals surface area contributed by atoms with Crippen molar-refractivity contribution in [2.24, 2.45) is 5.84 Å². The highest BCUT2D eigenvalue weighted by Gasteiger charge is 2.20. The number of aromatic nitrogens is 1. The maximum Gasteiger partial charge on any atom is 0.250 e. The van der Waals surface area contributed by atoms with Crippen molar-refractivity contribution in [3.63, 3.8) is 0 Å². The Morgan fingerprint density at radius 1 is 1.35 bits per heavy atom. The molecular weight excluding hydrogens is 372 g/mol. The number of halogens is 2. The molecule has 0 spiro atoms. The molecular formula is C14H15FIN3O. The van der Waals surface area contributed by atoms with Gasteiger partial charge in [-0.1, -0.05) is 12.1 Å². The van der Waals surface area contributed by atoms with Gasteiger partial charge >= 0.3 is 0 Å². The molecule has 0 fully saturated rings. The molecule has 2 aromatic rings. The van der Waals surface area contributed by atoms with Crippen LogP contribution in [0.1, 0.15) is 24.1 Å². The van der Waals surface area contributed by atoms with Crippen LogP contribution in [0.4, 0.5) is 4.39 Å². The van der Waals surface area contributed by atoms with E-state index in [1.54, 1.807) is 13.0 Å². The van der Waals surface area contributed by atoms with E-state index in [1.807, 2.05) is 24.3 Å². The van der Waals surface area contributed by atoms with E-state index < -0.39 is 11.9 Å². The summed E-state index contributed by atoms with van der Waals surface area (Å²) in [5, 5.41) is 0. The van der Waals surface area contributed by atoms with Crippen molar-refractivity contribution in [1.82, 2.24) is 10.4 Å². The van der Waals surface area contributed by atoms with Crippen LogP contribution in [0.5, 0.6) is 5.88 Å². The molecule has 0 saturated heterocycles. The van der Waals surface area contributed by atoms with Crippen molar-refractivity contribution in [3.05, 3.63) is 57.0 Å². The number of pyridine rings is 1. The van der Waals surface area contributed by atoms with Crippen molar-refractivity contribution in [1.29, 1.82) is 0 Å². The van der Waals surface area contributed by atoms with Gasteiger partial charge in [-0.15, -0.1) is 0 Å². The quantitative estimate of drug-likeness (QED) is 0.471. The standard InChI is InChI=1S/C14H15FIN3O/c1-2-20-14-12(15)11(7-8-18-14)13(19-17)9-3-5-10(16)6-4-9/h3-8,13,19H,2,17H2,1H3. The maximum atomic E-state index is 14.4. The molecule has 0 saturated carbocycles. The summed E-state index contributed by atoms with van der Waals surface area (Å²) in [6, 6.07) is 8.86. The van der Waals surface area contributed by atoms with Crippen molar-refractivity contribution in [3.8, 4) is 5.88 Å². The van der Waals surface area contributed by atoms with Gasteiger partial charge in [-0.2, -0.15) is 0 Å². The smallest absolute Gasteiger partial charge is 0.250 e. The normalized spacial score (nSPS) is 12.2. The van der Waals surface area contributed by atoms with Crippen LogP contribution < -0.4 is 16.0 Å². The molecule has 1 unspecified atom stereocenters.